The number of nitrogens with zero attached hydrogens (tertiary/aromatic N) is 3. The summed E-state index contributed by atoms with van der Waals surface area (Å²) in [4.78, 5) is 25.2. The Morgan fingerprint density at radius 1 is 1.29 bits per heavy atom. The smallest absolute Gasteiger partial charge is 0.284 e. The summed E-state index contributed by atoms with van der Waals surface area (Å²) < 4.78 is 9.89. The highest BCUT2D eigenvalue weighted by molar-refractivity contribution is 6.08. The van der Waals surface area contributed by atoms with Crippen molar-refractivity contribution >= 4 is 23.3 Å². The van der Waals surface area contributed by atoms with Crippen LogP contribution in [-0.2, 0) is 4.79 Å². The van der Waals surface area contributed by atoms with Crippen molar-refractivity contribution in [3.63, 3.8) is 0 Å². The third-order valence-corrected chi connectivity index (χ3v) is 3.05. The van der Waals surface area contributed by atoms with Gasteiger partial charge in [0, 0.05) is 0 Å². The Morgan fingerprint density at radius 3 is 2.71 bits per heavy atom. The van der Waals surface area contributed by atoms with Crippen LogP contribution in [0.2, 0.25) is 0 Å². The van der Waals surface area contributed by atoms with Gasteiger partial charge in [-0.05, 0) is 22.4 Å². The summed E-state index contributed by atoms with van der Waals surface area (Å²) in [7, 11) is 0. The maximum absolute atomic E-state index is 12.5. The predicted octanol–water partition coefficient (Wildman–Crippen LogP) is -0.455. The lowest BCUT2D eigenvalue weighted by Gasteiger charge is -2.32. The van der Waals surface area contributed by atoms with Gasteiger partial charge in [0.15, 0.2) is 6.10 Å². The summed E-state index contributed by atoms with van der Waals surface area (Å²) in [6, 6.07) is 6.76. The number of fused-ring (bicyclic) bond motifs is 1. The van der Waals surface area contributed by atoms with Gasteiger partial charge in [-0.1, -0.05) is 12.1 Å². The molecule has 9 nitrogen and oxygen atoms in total. The standard InChI is InChI=1S/C12H11N5O4/c13-10-9(15-21-16-10)12(19)17-5-8(11(14)18)20-7-4-2-1-3-6(7)17/h1-4,8H,5H2,(H2,13,16)(H2,14,18). The van der Waals surface area contributed by atoms with Gasteiger partial charge in [0.1, 0.15) is 5.75 Å². The molecular formula is C12H11N5O4. The summed E-state index contributed by atoms with van der Waals surface area (Å²) in [6.45, 7) is -0.0442. The zero-order valence-corrected chi connectivity index (χ0v) is 10.7. The molecule has 21 heavy (non-hydrogen) atoms. The molecule has 9 heteroatoms. The second-order valence-corrected chi connectivity index (χ2v) is 4.39. The Kier molecular flexibility index (Phi) is 2.94. The number of hydrogen-bond donors (Lipinski definition) is 2. The summed E-state index contributed by atoms with van der Waals surface area (Å²) in [5.41, 5.74) is 11.1. The first-order chi connectivity index (χ1) is 10.1. The fourth-order valence-corrected chi connectivity index (χ4v) is 2.05. The topological polar surface area (TPSA) is 138 Å². The Labute approximate surface area is 118 Å². The van der Waals surface area contributed by atoms with Crippen molar-refractivity contribution < 1.29 is 19.0 Å². The number of carbonyl (C=O) groups excluding carboxylic acids is 2. The van der Waals surface area contributed by atoms with Crippen LogP contribution in [0.3, 0.4) is 0 Å². The number of benzene rings is 1. The first-order valence-electron chi connectivity index (χ1n) is 6.03. The molecule has 0 saturated heterocycles. The molecule has 1 aromatic heterocycles. The quantitative estimate of drug-likeness (QED) is 0.763. The van der Waals surface area contributed by atoms with E-state index in [-0.39, 0.29) is 18.1 Å². The fraction of sp³-hybridized carbons (Fsp3) is 0.167. The van der Waals surface area contributed by atoms with Gasteiger partial charge in [-0.3, -0.25) is 14.5 Å². The van der Waals surface area contributed by atoms with Crippen LogP contribution in [0.5, 0.6) is 5.75 Å². The molecule has 2 heterocycles. The normalized spacial score (nSPS) is 17.0. The minimum absolute atomic E-state index is 0.0442. The zero-order chi connectivity index (χ0) is 15.0. The number of anilines is 2. The van der Waals surface area contributed by atoms with Gasteiger partial charge in [-0.25, -0.2) is 4.63 Å². The van der Waals surface area contributed by atoms with Crippen molar-refractivity contribution in [2.24, 2.45) is 5.73 Å². The van der Waals surface area contributed by atoms with Crippen LogP contribution in [0.15, 0.2) is 28.9 Å². The van der Waals surface area contributed by atoms with Gasteiger partial charge in [0.2, 0.25) is 11.5 Å². The highest BCUT2D eigenvalue weighted by Crippen LogP contribution is 2.34. The molecule has 1 aromatic carbocycles. The lowest BCUT2D eigenvalue weighted by molar-refractivity contribution is -0.124. The number of carbonyl (C=O) groups is 2. The number of ether oxygens (including phenoxy) is 1. The summed E-state index contributed by atoms with van der Waals surface area (Å²) in [5, 5.41) is 6.84. The SMILES string of the molecule is NC(=O)C1CN(C(=O)c2nonc2N)c2ccccc2O1. The van der Waals surface area contributed by atoms with Gasteiger partial charge in [-0.2, -0.15) is 0 Å². The molecule has 0 aliphatic carbocycles. The number of nitrogen functional groups attached to an aromatic ring is 1. The molecule has 0 radical (unpaired) electrons. The molecule has 108 valence electrons. The number of primary amides is 1. The Bertz CT molecular complexity index is 713. The Morgan fingerprint density at radius 2 is 2.05 bits per heavy atom. The second kappa shape index (κ2) is 4.78. The first kappa shape index (κ1) is 12.9. The second-order valence-electron chi connectivity index (χ2n) is 4.39. The molecule has 1 aliphatic heterocycles. The third kappa shape index (κ3) is 2.14. The van der Waals surface area contributed by atoms with E-state index in [2.05, 4.69) is 14.9 Å². The van der Waals surface area contributed by atoms with E-state index in [1.54, 1.807) is 24.3 Å². The summed E-state index contributed by atoms with van der Waals surface area (Å²) >= 11 is 0. The number of rotatable bonds is 2. The van der Waals surface area contributed by atoms with Crippen LogP contribution < -0.4 is 21.1 Å². The summed E-state index contributed by atoms with van der Waals surface area (Å²) in [5.74, 6) is -0.972. The average Bonchev–Trinajstić information content (AvgIpc) is 2.91. The predicted molar refractivity (Wildman–Crippen MR) is 70.4 cm³/mol. The van der Waals surface area contributed by atoms with E-state index < -0.39 is 17.9 Å². The van der Waals surface area contributed by atoms with Crippen molar-refractivity contribution in [3.05, 3.63) is 30.0 Å². The number of amides is 2. The largest absolute Gasteiger partial charge is 0.477 e. The molecule has 0 bridgehead atoms. The van der Waals surface area contributed by atoms with E-state index in [1.165, 1.54) is 4.90 Å². The molecule has 0 spiro atoms. The maximum atomic E-state index is 12.5. The van der Waals surface area contributed by atoms with Crippen molar-refractivity contribution in [2.45, 2.75) is 6.10 Å². The van der Waals surface area contributed by atoms with Gasteiger partial charge in [0.25, 0.3) is 11.8 Å². The van der Waals surface area contributed by atoms with Crippen molar-refractivity contribution in [1.29, 1.82) is 0 Å². The molecule has 4 N–H and O–H groups in total. The molecular weight excluding hydrogens is 278 g/mol. The molecule has 3 rings (SSSR count). The van der Waals surface area contributed by atoms with Gasteiger partial charge >= 0.3 is 0 Å². The van der Waals surface area contributed by atoms with E-state index in [9.17, 15) is 9.59 Å². The van der Waals surface area contributed by atoms with Gasteiger partial charge in [-0.15, -0.1) is 0 Å². The molecule has 1 aliphatic rings. The van der Waals surface area contributed by atoms with Crippen LogP contribution >= 0.6 is 0 Å². The number of aromatic nitrogens is 2. The first-order valence-corrected chi connectivity index (χ1v) is 6.03. The van der Waals surface area contributed by atoms with Gasteiger partial charge < -0.3 is 16.2 Å². The Balaban J connectivity index is 2.02. The van der Waals surface area contributed by atoms with Gasteiger partial charge in [0.05, 0.1) is 12.2 Å². The van der Waals surface area contributed by atoms with Crippen LogP contribution in [0.4, 0.5) is 11.5 Å². The lowest BCUT2D eigenvalue weighted by atomic mass is 10.1. The highest BCUT2D eigenvalue weighted by Gasteiger charge is 2.35. The van der Waals surface area contributed by atoms with Crippen molar-refractivity contribution in [1.82, 2.24) is 10.3 Å². The molecule has 2 amide bonds. The lowest BCUT2D eigenvalue weighted by Crippen LogP contribution is -2.49. The van der Waals surface area contributed by atoms with E-state index in [0.29, 0.717) is 11.4 Å². The molecule has 2 aromatic rings. The number of hydrogen-bond acceptors (Lipinski definition) is 7. The number of para-hydroxylation sites is 2. The number of nitrogens with two attached hydrogens (primary N) is 2. The van der Waals surface area contributed by atoms with Crippen LogP contribution in [-0.4, -0.2) is 34.8 Å². The average molecular weight is 289 g/mol. The maximum Gasteiger partial charge on any atom is 0.284 e. The Hall–Kier alpha value is -3.10. The van der Waals surface area contributed by atoms with Crippen LogP contribution in [0.25, 0.3) is 0 Å². The van der Waals surface area contributed by atoms with E-state index in [1.807, 2.05) is 0 Å². The van der Waals surface area contributed by atoms with E-state index in [0.717, 1.165) is 0 Å². The molecule has 0 saturated carbocycles. The minimum atomic E-state index is -0.954. The third-order valence-electron chi connectivity index (χ3n) is 3.05. The monoisotopic (exact) mass is 289 g/mol. The minimum Gasteiger partial charge on any atom is -0.477 e. The van der Waals surface area contributed by atoms with Crippen molar-refractivity contribution in [2.75, 3.05) is 17.2 Å². The highest BCUT2D eigenvalue weighted by atomic mass is 16.6. The molecule has 1 unspecified atom stereocenters. The molecule has 0 fully saturated rings. The molecule has 1 atom stereocenters. The van der Waals surface area contributed by atoms with Crippen LogP contribution in [0, 0.1) is 0 Å². The summed E-state index contributed by atoms with van der Waals surface area (Å²) in [6.07, 6.45) is -0.954. The van der Waals surface area contributed by atoms with Crippen molar-refractivity contribution in [3.8, 4) is 5.75 Å². The van der Waals surface area contributed by atoms with E-state index in [4.69, 9.17) is 16.2 Å². The zero-order valence-electron chi connectivity index (χ0n) is 10.7. The van der Waals surface area contributed by atoms with Crippen LogP contribution in [0.1, 0.15) is 10.5 Å². The van der Waals surface area contributed by atoms with E-state index >= 15 is 0 Å². The fourth-order valence-electron chi connectivity index (χ4n) is 2.05.